The van der Waals surface area contributed by atoms with Gasteiger partial charge in [0.05, 0.1) is 0 Å². The lowest BCUT2D eigenvalue weighted by Gasteiger charge is -2.36. The predicted octanol–water partition coefficient (Wildman–Crippen LogP) is 12.4. The Morgan fingerprint density at radius 2 is 0.788 bits per heavy atom. The van der Waals surface area contributed by atoms with Gasteiger partial charge in [0, 0.05) is 0 Å². The summed E-state index contributed by atoms with van der Waals surface area (Å²) in [5.74, 6) is 8.45. The van der Waals surface area contributed by atoms with Crippen molar-refractivity contribution in [3.8, 4) is 22.9 Å². The molecule has 0 saturated carbocycles. The van der Waals surface area contributed by atoms with E-state index in [0.717, 1.165) is 0 Å². The van der Waals surface area contributed by atoms with Crippen molar-refractivity contribution >= 4 is 60.0 Å². The normalized spacial score (nSPS) is 20.1. The monoisotopic (exact) mass is 698 g/mol. The van der Waals surface area contributed by atoms with E-state index >= 15 is 0 Å². The minimum atomic E-state index is -1.89. The molecule has 0 saturated heterocycles. The van der Waals surface area contributed by atoms with Crippen LogP contribution in [-0.4, -0.2) is 16.1 Å². The zero-order valence-corrected chi connectivity index (χ0v) is 32.9. The lowest BCUT2D eigenvalue weighted by Crippen LogP contribution is -2.39. The summed E-state index contributed by atoms with van der Waals surface area (Å²) in [6, 6.07) is 49.2. The molecule has 0 spiro atoms. The average Bonchev–Trinajstić information content (AvgIpc) is 3.45. The smallest absolute Gasteiger partial charge is 0.129 e. The van der Waals surface area contributed by atoms with Gasteiger partial charge < -0.3 is 0 Å². The predicted molar refractivity (Wildman–Crippen MR) is 229 cm³/mol. The molecule has 3 aliphatic carbocycles. The quantitative estimate of drug-likeness (QED) is 0.125. The van der Waals surface area contributed by atoms with Crippen LogP contribution in [0.1, 0.15) is 33.4 Å². The molecule has 0 heterocycles. The molecule has 6 aromatic carbocycles. The molecule has 0 bridgehead atoms. The van der Waals surface area contributed by atoms with Crippen molar-refractivity contribution in [2.45, 2.75) is 44.7 Å². The summed E-state index contributed by atoms with van der Waals surface area (Å²) < 4.78 is 0. The van der Waals surface area contributed by atoms with Crippen LogP contribution < -0.4 is 0 Å². The fraction of sp³-hybridized carbons (Fsp3) is 0.160. The summed E-state index contributed by atoms with van der Waals surface area (Å²) in [6.45, 7) is 14.2. The fourth-order valence-corrected chi connectivity index (χ4v) is 9.88. The molecule has 0 unspecified atom stereocenters. The third-order valence-corrected chi connectivity index (χ3v) is 12.6. The molecule has 3 aliphatic rings. The van der Waals surface area contributed by atoms with E-state index in [0.29, 0.717) is 0 Å². The SMILES string of the molecule is C[Si](C)(C)C#CC12C3=CC(c4ccccc4)=C(c4ccccc4)C=C1c1c(ccc4ccccc14)C2(C#C[Si](C)(C)C)c1ccc2ccccc2c13. The van der Waals surface area contributed by atoms with Gasteiger partial charge in [0.25, 0.3) is 0 Å². The first-order chi connectivity index (χ1) is 25.0. The van der Waals surface area contributed by atoms with E-state index in [4.69, 9.17) is 0 Å². The molecular weight excluding hydrogens is 657 g/mol. The first-order valence-corrected chi connectivity index (χ1v) is 25.5. The van der Waals surface area contributed by atoms with Crippen molar-refractivity contribution in [1.82, 2.24) is 0 Å². The van der Waals surface area contributed by atoms with Gasteiger partial charge in [0.2, 0.25) is 0 Å². The molecular formula is C50H42Si2. The number of hydrogen-bond acceptors (Lipinski definition) is 0. The maximum absolute atomic E-state index is 4.24. The minimum Gasteiger partial charge on any atom is -0.131 e. The Labute approximate surface area is 310 Å². The number of rotatable bonds is 2. The van der Waals surface area contributed by atoms with E-state index in [1.165, 1.54) is 77.2 Å². The van der Waals surface area contributed by atoms with Crippen molar-refractivity contribution in [3.05, 3.63) is 179 Å². The Morgan fingerprint density at radius 1 is 0.404 bits per heavy atom. The topological polar surface area (TPSA) is 0 Å². The highest BCUT2D eigenvalue weighted by atomic mass is 28.3. The summed E-state index contributed by atoms with van der Waals surface area (Å²) in [5, 5.41) is 5.01. The number of hydrogen-bond donors (Lipinski definition) is 0. The van der Waals surface area contributed by atoms with Gasteiger partial charge in [-0.15, -0.1) is 11.1 Å². The number of allylic oxidation sites excluding steroid dienone is 6. The van der Waals surface area contributed by atoms with E-state index < -0.39 is 27.0 Å². The van der Waals surface area contributed by atoms with E-state index in [1.807, 2.05) is 0 Å². The molecule has 9 rings (SSSR count). The maximum Gasteiger partial charge on any atom is 0.129 e. The lowest BCUT2D eigenvalue weighted by molar-refractivity contribution is 0.546. The summed E-state index contributed by atoms with van der Waals surface area (Å²) >= 11 is 0. The van der Waals surface area contributed by atoms with Crippen molar-refractivity contribution in [1.29, 1.82) is 0 Å². The van der Waals surface area contributed by atoms with Crippen LogP contribution >= 0.6 is 0 Å². The average molecular weight is 699 g/mol. The Morgan fingerprint density at radius 3 is 1.21 bits per heavy atom. The van der Waals surface area contributed by atoms with Gasteiger partial charge in [0.1, 0.15) is 27.0 Å². The first kappa shape index (κ1) is 32.5. The third kappa shape index (κ3) is 4.75. The highest BCUT2D eigenvalue weighted by Crippen LogP contribution is 2.74. The second-order valence-electron chi connectivity index (χ2n) is 16.6. The Kier molecular flexibility index (Phi) is 7.23. The highest BCUT2D eigenvalue weighted by Gasteiger charge is 2.68. The van der Waals surface area contributed by atoms with Crippen LogP contribution in [0.3, 0.4) is 0 Å². The minimum absolute atomic E-state index is 0.704. The van der Waals surface area contributed by atoms with Crippen molar-refractivity contribution in [2.24, 2.45) is 5.41 Å². The standard InChI is InChI=1S/C50H42Si2/c1-51(2,3)31-29-49-43-27-25-37-21-13-15-23-39(37)47(43)45-33-41(35-17-9-7-10-18-35)42(36-19-11-8-12-20-36)34-46(50(45,49)30-32-52(4,5)6)48-40-24-16-14-22-38(40)26-28-44(48)49/h7-28,33-34H,1-6H3. The summed E-state index contributed by atoms with van der Waals surface area (Å²) in [5.41, 5.74) is 19.1. The molecule has 0 aliphatic heterocycles. The van der Waals surface area contributed by atoms with E-state index in [-0.39, 0.29) is 0 Å². The van der Waals surface area contributed by atoms with Gasteiger partial charge in [-0.1, -0.05) is 185 Å². The molecule has 0 atom stereocenters. The van der Waals surface area contributed by atoms with Crippen molar-refractivity contribution in [3.63, 3.8) is 0 Å². The molecule has 2 heteroatoms. The molecule has 0 N–H and O–H groups in total. The van der Waals surface area contributed by atoms with Crippen LogP contribution in [0.5, 0.6) is 0 Å². The number of fused-ring (bicyclic) bond motifs is 10. The van der Waals surface area contributed by atoms with Gasteiger partial charge in [-0.25, -0.2) is 0 Å². The van der Waals surface area contributed by atoms with E-state index in [2.05, 4.69) is 208 Å². The highest BCUT2D eigenvalue weighted by molar-refractivity contribution is 6.84. The number of benzene rings is 6. The van der Waals surface area contributed by atoms with Crippen molar-refractivity contribution in [2.75, 3.05) is 0 Å². The zero-order valence-electron chi connectivity index (χ0n) is 30.9. The lowest BCUT2D eigenvalue weighted by atomic mass is 9.62. The molecule has 0 nitrogen and oxygen atoms in total. The summed E-state index contributed by atoms with van der Waals surface area (Å²) in [4.78, 5) is 0. The molecule has 0 radical (unpaired) electrons. The fourth-order valence-electron chi connectivity index (χ4n) is 8.76. The van der Waals surface area contributed by atoms with E-state index in [9.17, 15) is 0 Å². The van der Waals surface area contributed by atoms with Crippen LogP contribution in [0.4, 0.5) is 0 Å². The molecule has 250 valence electrons. The molecule has 52 heavy (non-hydrogen) atoms. The molecule has 0 fully saturated rings. The molecule has 6 aromatic rings. The van der Waals surface area contributed by atoms with Crippen LogP contribution in [0.2, 0.25) is 39.3 Å². The van der Waals surface area contributed by atoms with Gasteiger partial charge in [-0.2, -0.15) is 0 Å². The molecule has 0 amide bonds. The van der Waals surface area contributed by atoms with Gasteiger partial charge in [0.15, 0.2) is 0 Å². The Hall–Kier alpha value is -5.39. The second kappa shape index (κ2) is 11.6. The van der Waals surface area contributed by atoms with Crippen LogP contribution in [0, 0.1) is 28.3 Å². The van der Waals surface area contributed by atoms with E-state index in [1.54, 1.807) is 0 Å². The second-order valence-corrected chi connectivity index (χ2v) is 26.1. The van der Waals surface area contributed by atoms with Crippen LogP contribution in [0.25, 0.3) is 43.8 Å². The summed E-state index contributed by atoms with van der Waals surface area (Å²) in [7, 11) is -3.75. The summed E-state index contributed by atoms with van der Waals surface area (Å²) in [6.07, 6.45) is 5.05. The molecule has 0 aromatic heterocycles. The zero-order chi connectivity index (χ0) is 35.9. The van der Waals surface area contributed by atoms with Gasteiger partial charge in [-0.05, 0) is 89.4 Å². The van der Waals surface area contributed by atoms with Gasteiger partial charge in [-0.3, -0.25) is 0 Å². The van der Waals surface area contributed by atoms with Crippen LogP contribution in [0.15, 0.2) is 146 Å². The third-order valence-electron chi connectivity index (χ3n) is 10.9. The van der Waals surface area contributed by atoms with Crippen molar-refractivity contribution < 1.29 is 0 Å². The largest absolute Gasteiger partial charge is 0.131 e. The first-order valence-electron chi connectivity index (χ1n) is 18.5. The Bertz CT molecular complexity index is 2540. The Balaban J connectivity index is 1.60. The van der Waals surface area contributed by atoms with Crippen LogP contribution in [-0.2, 0) is 5.41 Å². The maximum atomic E-state index is 4.24. The van der Waals surface area contributed by atoms with Gasteiger partial charge >= 0.3 is 0 Å².